The van der Waals surface area contributed by atoms with Crippen LogP contribution in [0.5, 0.6) is 5.75 Å². The van der Waals surface area contributed by atoms with E-state index in [0.29, 0.717) is 39.4 Å². The molecule has 3 rings (SSSR count). The van der Waals surface area contributed by atoms with Crippen LogP contribution in [0.4, 0.5) is 5.69 Å². The van der Waals surface area contributed by atoms with Gasteiger partial charge in [0.1, 0.15) is 5.75 Å². The number of aromatic hydroxyl groups is 1. The van der Waals surface area contributed by atoms with Gasteiger partial charge in [-0.05, 0) is 30.9 Å². The topological polar surface area (TPSA) is 70.1 Å². The van der Waals surface area contributed by atoms with Crippen LogP contribution < -0.4 is 4.90 Å². The minimum Gasteiger partial charge on any atom is -0.506 e. The largest absolute Gasteiger partial charge is 0.506 e. The van der Waals surface area contributed by atoms with Crippen LogP contribution in [-0.2, 0) is 14.8 Å². The minimum atomic E-state index is -3.21. The first-order valence-electron chi connectivity index (χ1n) is 8.15. The third-order valence-corrected chi connectivity index (χ3v) is 6.69. The van der Waals surface area contributed by atoms with Gasteiger partial charge < -0.3 is 14.7 Å². The molecule has 2 fully saturated rings. The number of sulfonamides is 1. The van der Waals surface area contributed by atoms with Gasteiger partial charge in [0.05, 0.1) is 11.4 Å². The van der Waals surface area contributed by atoms with Gasteiger partial charge in [-0.25, -0.2) is 8.42 Å². The number of phenolic OH excluding ortho intramolecular Hbond substituents is 1. The minimum absolute atomic E-state index is 0.213. The first kappa shape index (κ1) is 16.5. The van der Waals surface area contributed by atoms with Crippen molar-refractivity contribution in [2.75, 3.05) is 50.0 Å². The van der Waals surface area contributed by atoms with Crippen molar-refractivity contribution < 1.29 is 18.3 Å². The fourth-order valence-corrected chi connectivity index (χ4v) is 5.11. The Morgan fingerprint density at radius 3 is 2.39 bits per heavy atom. The van der Waals surface area contributed by atoms with E-state index in [4.69, 9.17) is 4.74 Å². The maximum Gasteiger partial charge on any atom is 0.214 e. The van der Waals surface area contributed by atoms with Crippen LogP contribution in [0.15, 0.2) is 24.3 Å². The molecule has 0 aliphatic carbocycles. The Kier molecular flexibility index (Phi) is 5.08. The maximum atomic E-state index is 12.6. The molecule has 1 aromatic carbocycles. The average molecular weight is 340 g/mol. The number of piperazine rings is 1. The summed E-state index contributed by atoms with van der Waals surface area (Å²) in [6, 6.07) is 7.18. The Labute approximate surface area is 137 Å². The Morgan fingerprint density at radius 2 is 1.74 bits per heavy atom. The molecule has 0 bridgehead atoms. The quantitative estimate of drug-likeness (QED) is 0.894. The van der Waals surface area contributed by atoms with Crippen LogP contribution in [0.1, 0.15) is 12.8 Å². The van der Waals surface area contributed by atoms with Crippen molar-refractivity contribution in [1.82, 2.24) is 4.31 Å². The van der Waals surface area contributed by atoms with Gasteiger partial charge in [-0.3, -0.25) is 0 Å². The molecule has 0 radical (unpaired) electrons. The molecule has 2 aliphatic heterocycles. The zero-order chi connectivity index (χ0) is 16.3. The molecule has 1 aromatic rings. The summed E-state index contributed by atoms with van der Waals surface area (Å²) in [4.78, 5) is 2.04. The van der Waals surface area contributed by atoms with E-state index in [1.54, 1.807) is 16.4 Å². The molecular formula is C16H24N2O4S. The van der Waals surface area contributed by atoms with Crippen molar-refractivity contribution >= 4 is 15.7 Å². The van der Waals surface area contributed by atoms with Gasteiger partial charge in [0.15, 0.2) is 0 Å². The van der Waals surface area contributed by atoms with E-state index in [1.165, 1.54) is 0 Å². The first-order valence-corrected chi connectivity index (χ1v) is 9.76. The summed E-state index contributed by atoms with van der Waals surface area (Å²) in [5.41, 5.74) is 0.772. The highest BCUT2D eigenvalue weighted by molar-refractivity contribution is 7.89. The Balaban J connectivity index is 1.58. The summed E-state index contributed by atoms with van der Waals surface area (Å²) in [6.45, 7) is 3.48. The van der Waals surface area contributed by atoms with Gasteiger partial charge in [-0.1, -0.05) is 12.1 Å². The number of hydrogen-bond donors (Lipinski definition) is 1. The zero-order valence-electron chi connectivity index (χ0n) is 13.2. The van der Waals surface area contributed by atoms with Crippen molar-refractivity contribution in [3.63, 3.8) is 0 Å². The lowest BCUT2D eigenvalue weighted by molar-refractivity contribution is 0.0720. The summed E-state index contributed by atoms with van der Waals surface area (Å²) in [6.07, 6.45) is 1.66. The molecule has 7 heteroatoms. The number of hydrogen-bond acceptors (Lipinski definition) is 5. The Hall–Kier alpha value is -1.31. The predicted octanol–water partition coefficient (Wildman–Crippen LogP) is 1.27. The number of para-hydroxylation sites is 2. The molecule has 128 valence electrons. The van der Waals surface area contributed by atoms with Crippen molar-refractivity contribution in [1.29, 1.82) is 0 Å². The van der Waals surface area contributed by atoms with Crippen molar-refractivity contribution in [2.45, 2.75) is 12.8 Å². The Bertz CT molecular complexity index is 621. The van der Waals surface area contributed by atoms with Gasteiger partial charge in [0.25, 0.3) is 0 Å². The smallest absolute Gasteiger partial charge is 0.214 e. The second-order valence-corrected chi connectivity index (χ2v) is 8.22. The lowest BCUT2D eigenvalue weighted by Gasteiger charge is -2.36. The second-order valence-electron chi connectivity index (χ2n) is 6.21. The van der Waals surface area contributed by atoms with Crippen LogP contribution >= 0.6 is 0 Å². The normalized spacial score (nSPS) is 21.5. The number of benzene rings is 1. The van der Waals surface area contributed by atoms with E-state index in [1.807, 2.05) is 17.0 Å². The lowest BCUT2D eigenvalue weighted by Crippen LogP contribution is -2.50. The molecule has 6 nitrogen and oxygen atoms in total. The first-order chi connectivity index (χ1) is 11.1. The highest BCUT2D eigenvalue weighted by Gasteiger charge is 2.30. The van der Waals surface area contributed by atoms with Gasteiger partial charge in [0.2, 0.25) is 10.0 Å². The van der Waals surface area contributed by atoms with Crippen molar-refractivity contribution in [3.8, 4) is 5.75 Å². The van der Waals surface area contributed by atoms with Gasteiger partial charge in [0, 0.05) is 39.4 Å². The monoisotopic (exact) mass is 340 g/mol. The molecular weight excluding hydrogens is 316 g/mol. The summed E-state index contributed by atoms with van der Waals surface area (Å²) in [5.74, 6) is 0.684. The van der Waals surface area contributed by atoms with Crippen LogP contribution in [0, 0.1) is 5.92 Å². The molecule has 0 amide bonds. The van der Waals surface area contributed by atoms with E-state index in [9.17, 15) is 13.5 Å². The van der Waals surface area contributed by atoms with E-state index < -0.39 is 10.0 Å². The molecule has 2 saturated heterocycles. The maximum absolute atomic E-state index is 12.6. The number of anilines is 1. The predicted molar refractivity (Wildman–Crippen MR) is 89.2 cm³/mol. The fourth-order valence-electron chi connectivity index (χ4n) is 3.26. The van der Waals surface area contributed by atoms with Crippen molar-refractivity contribution in [2.24, 2.45) is 5.92 Å². The number of nitrogens with zero attached hydrogens (tertiary/aromatic N) is 2. The van der Waals surface area contributed by atoms with Crippen molar-refractivity contribution in [3.05, 3.63) is 24.3 Å². The third kappa shape index (κ3) is 3.97. The van der Waals surface area contributed by atoms with Gasteiger partial charge >= 0.3 is 0 Å². The van der Waals surface area contributed by atoms with Crippen LogP contribution in [0.2, 0.25) is 0 Å². The number of rotatable bonds is 4. The number of ether oxygens (including phenoxy) is 1. The molecule has 2 aliphatic rings. The highest BCUT2D eigenvalue weighted by atomic mass is 32.2. The molecule has 0 atom stereocenters. The molecule has 0 spiro atoms. The summed E-state index contributed by atoms with van der Waals surface area (Å²) in [7, 11) is -3.21. The van der Waals surface area contributed by atoms with E-state index in [0.717, 1.165) is 18.5 Å². The van der Waals surface area contributed by atoms with Crippen LogP contribution in [0.25, 0.3) is 0 Å². The van der Waals surface area contributed by atoms with Crippen LogP contribution in [-0.4, -0.2) is 63.0 Å². The number of phenols is 1. The molecule has 1 N–H and O–H groups in total. The summed E-state index contributed by atoms with van der Waals surface area (Å²) >= 11 is 0. The van der Waals surface area contributed by atoms with Gasteiger partial charge in [-0.2, -0.15) is 4.31 Å². The standard InChI is InChI=1S/C16H24N2O4S/c19-16-4-2-1-3-15(16)17-7-9-18(10-8-17)23(20,21)13-14-5-11-22-12-6-14/h1-4,14,19H,5-13H2. The highest BCUT2D eigenvalue weighted by Crippen LogP contribution is 2.28. The van der Waals surface area contributed by atoms with Crippen LogP contribution in [0.3, 0.4) is 0 Å². The molecule has 2 heterocycles. The SMILES string of the molecule is O=S(=O)(CC1CCOCC1)N1CCN(c2ccccc2O)CC1. The third-order valence-electron chi connectivity index (χ3n) is 4.64. The average Bonchev–Trinajstić information content (AvgIpc) is 2.56. The molecule has 0 saturated carbocycles. The van der Waals surface area contributed by atoms with E-state index in [2.05, 4.69) is 0 Å². The summed E-state index contributed by atoms with van der Waals surface area (Å²) in [5, 5.41) is 9.92. The zero-order valence-corrected chi connectivity index (χ0v) is 14.0. The molecule has 0 unspecified atom stereocenters. The Morgan fingerprint density at radius 1 is 1.09 bits per heavy atom. The van der Waals surface area contributed by atoms with Gasteiger partial charge in [-0.15, -0.1) is 0 Å². The second kappa shape index (κ2) is 7.07. The van der Waals surface area contributed by atoms with E-state index in [-0.39, 0.29) is 17.4 Å². The van der Waals surface area contributed by atoms with E-state index >= 15 is 0 Å². The summed E-state index contributed by atoms with van der Waals surface area (Å²) < 4.78 is 32.1. The fraction of sp³-hybridized carbons (Fsp3) is 0.625. The lowest BCUT2D eigenvalue weighted by atomic mass is 10.0. The molecule has 0 aromatic heterocycles. The molecule has 23 heavy (non-hydrogen) atoms.